The molecule has 1 N–H and O–H groups in total. The molecule has 94 valence electrons. The van der Waals surface area contributed by atoms with Crippen molar-refractivity contribution in [1.29, 1.82) is 0 Å². The molecule has 1 atom stereocenters. The van der Waals surface area contributed by atoms with Crippen molar-refractivity contribution in [3.63, 3.8) is 0 Å². The van der Waals surface area contributed by atoms with Gasteiger partial charge in [-0.1, -0.05) is 25.6 Å². The van der Waals surface area contributed by atoms with Crippen molar-refractivity contribution in [3.8, 4) is 0 Å². The summed E-state index contributed by atoms with van der Waals surface area (Å²) >= 11 is 1.12. The van der Waals surface area contributed by atoms with Crippen LogP contribution in [0.5, 0.6) is 0 Å². The molecule has 0 saturated heterocycles. The second-order valence-electron chi connectivity index (χ2n) is 3.63. The third-order valence-electron chi connectivity index (χ3n) is 2.40. The van der Waals surface area contributed by atoms with Crippen LogP contribution in [0.25, 0.3) is 0 Å². The van der Waals surface area contributed by atoms with Gasteiger partial charge >= 0.3 is 5.97 Å². The molecular formula is C11H16N2O3S. The zero-order valence-electron chi connectivity index (χ0n) is 10.1. The summed E-state index contributed by atoms with van der Waals surface area (Å²) in [6.07, 6.45) is 1.15. The molecule has 0 spiro atoms. The largest absolute Gasteiger partial charge is 0.480 e. The molecule has 0 amide bonds. The molecule has 1 unspecified atom stereocenters. The third-order valence-corrected chi connectivity index (χ3v) is 3.80. The summed E-state index contributed by atoms with van der Waals surface area (Å²) in [5, 5.41) is 8.88. The van der Waals surface area contributed by atoms with Crippen LogP contribution in [0.4, 0.5) is 0 Å². The van der Waals surface area contributed by atoms with Gasteiger partial charge in [0.25, 0.3) is 5.56 Å². The second-order valence-corrected chi connectivity index (χ2v) is 4.80. The maximum absolute atomic E-state index is 11.6. The number of aryl methyl sites for hydroxylation is 1. The Kier molecular flexibility index (Phi) is 4.74. The van der Waals surface area contributed by atoms with Crippen molar-refractivity contribution in [1.82, 2.24) is 9.55 Å². The lowest BCUT2D eigenvalue weighted by Gasteiger charge is -2.12. The number of aromatic nitrogens is 2. The second kappa shape index (κ2) is 5.86. The van der Waals surface area contributed by atoms with Crippen molar-refractivity contribution in [2.45, 2.75) is 37.1 Å². The smallest absolute Gasteiger partial charge is 0.317 e. The molecule has 0 radical (unpaired) electrons. The summed E-state index contributed by atoms with van der Waals surface area (Å²) < 4.78 is 1.38. The maximum atomic E-state index is 11.6. The topological polar surface area (TPSA) is 72.2 Å². The highest BCUT2D eigenvalue weighted by molar-refractivity contribution is 8.00. The minimum absolute atomic E-state index is 0.153. The lowest BCUT2D eigenvalue weighted by atomic mass is 10.3. The molecule has 6 heteroatoms. The molecule has 0 aliphatic carbocycles. The highest BCUT2D eigenvalue weighted by Gasteiger charge is 2.19. The van der Waals surface area contributed by atoms with Gasteiger partial charge in [0.05, 0.1) is 0 Å². The number of carbonyl (C=O) groups is 1. The van der Waals surface area contributed by atoms with E-state index in [4.69, 9.17) is 5.11 Å². The number of nitrogens with zero attached hydrogens (tertiary/aromatic N) is 2. The first-order valence-electron chi connectivity index (χ1n) is 5.46. The molecule has 1 aromatic rings. The Morgan fingerprint density at radius 1 is 1.59 bits per heavy atom. The van der Waals surface area contributed by atoms with Crippen molar-refractivity contribution >= 4 is 17.7 Å². The van der Waals surface area contributed by atoms with Crippen LogP contribution < -0.4 is 5.56 Å². The van der Waals surface area contributed by atoms with E-state index in [-0.39, 0.29) is 5.56 Å². The van der Waals surface area contributed by atoms with Crippen LogP contribution in [0.3, 0.4) is 0 Å². The van der Waals surface area contributed by atoms with Gasteiger partial charge in [0.15, 0.2) is 5.16 Å². The molecule has 0 fully saturated rings. The van der Waals surface area contributed by atoms with Crippen molar-refractivity contribution < 1.29 is 9.90 Å². The van der Waals surface area contributed by atoms with Crippen molar-refractivity contribution in [2.24, 2.45) is 7.05 Å². The molecule has 1 heterocycles. The Morgan fingerprint density at radius 2 is 2.24 bits per heavy atom. The first-order valence-corrected chi connectivity index (χ1v) is 6.34. The van der Waals surface area contributed by atoms with Gasteiger partial charge < -0.3 is 5.11 Å². The SMILES string of the molecule is CCc1cc(=O)n(C)c(SC(CC)C(=O)O)n1. The van der Waals surface area contributed by atoms with Gasteiger partial charge in [-0.3, -0.25) is 14.2 Å². The van der Waals surface area contributed by atoms with Crippen LogP contribution in [0.1, 0.15) is 26.0 Å². The van der Waals surface area contributed by atoms with Crippen LogP contribution in [0.15, 0.2) is 16.0 Å². The Morgan fingerprint density at radius 3 is 2.71 bits per heavy atom. The van der Waals surface area contributed by atoms with E-state index < -0.39 is 11.2 Å². The number of thioether (sulfide) groups is 1. The van der Waals surface area contributed by atoms with Crippen molar-refractivity contribution in [2.75, 3.05) is 0 Å². The first-order chi connectivity index (χ1) is 7.99. The van der Waals surface area contributed by atoms with Gasteiger partial charge in [-0.05, 0) is 12.8 Å². The first kappa shape index (κ1) is 13.8. The maximum Gasteiger partial charge on any atom is 0.317 e. The minimum atomic E-state index is -0.881. The molecule has 0 aliphatic heterocycles. The molecule has 0 saturated carbocycles. The number of aliphatic carboxylic acids is 1. The summed E-state index contributed by atoms with van der Waals surface area (Å²) in [4.78, 5) is 26.9. The molecule has 5 nitrogen and oxygen atoms in total. The average molecular weight is 256 g/mol. The summed E-state index contributed by atoms with van der Waals surface area (Å²) in [6.45, 7) is 3.71. The van der Waals surface area contributed by atoms with Gasteiger partial charge in [-0.2, -0.15) is 0 Å². The van der Waals surface area contributed by atoms with E-state index >= 15 is 0 Å². The normalized spacial score (nSPS) is 12.4. The number of hydrogen-bond acceptors (Lipinski definition) is 4. The van der Waals surface area contributed by atoms with E-state index in [0.29, 0.717) is 23.7 Å². The van der Waals surface area contributed by atoms with E-state index in [0.717, 1.165) is 11.8 Å². The molecule has 0 aliphatic rings. The zero-order chi connectivity index (χ0) is 13.0. The van der Waals surface area contributed by atoms with E-state index in [9.17, 15) is 9.59 Å². The highest BCUT2D eigenvalue weighted by atomic mass is 32.2. The fraction of sp³-hybridized carbons (Fsp3) is 0.545. The summed E-state index contributed by atoms with van der Waals surface area (Å²) in [5.41, 5.74) is 0.537. The lowest BCUT2D eigenvalue weighted by molar-refractivity contribution is -0.136. The Hall–Kier alpha value is -1.30. The van der Waals surface area contributed by atoms with Crippen molar-refractivity contribution in [3.05, 3.63) is 22.1 Å². The van der Waals surface area contributed by atoms with Gasteiger partial charge in [-0.25, -0.2) is 4.98 Å². The minimum Gasteiger partial charge on any atom is -0.480 e. The van der Waals surface area contributed by atoms with Crippen LogP contribution in [0, 0.1) is 0 Å². The highest BCUT2D eigenvalue weighted by Crippen LogP contribution is 2.22. The zero-order valence-corrected chi connectivity index (χ0v) is 11.0. The van der Waals surface area contributed by atoms with Gasteiger partial charge in [0.1, 0.15) is 5.25 Å². The predicted octanol–water partition coefficient (Wildman–Crippen LogP) is 1.30. The molecule has 0 bridgehead atoms. The average Bonchev–Trinajstić information content (AvgIpc) is 2.30. The number of rotatable bonds is 5. The van der Waals surface area contributed by atoms with Gasteiger partial charge in [0, 0.05) is 18.8 Å². The Bertz CT molecular complexity index is 470. The van der Waals surface area contributed by atoms with Crippen LogP contribution in [-0.4, -0.2) is 25.9 Å². The Labute approximate surface area is 104 Å². The van der Waals surface area contributed by atoms with Crippen LogP contribution in [0.2, 0.25) is 0 Å². The number of hydrogen-bond donors (Lipinski definition) is 1. The lowest BCUT2D eigenvalue weighted by Crippen LogP contribution is -2.23. The van der Waals surface area contributed by atoms with E-state index in [1.165, 1.54) is 10.6 Å². The molecule has 1 aromatic heterocycles. The summed E-state index contributed by atoms with van der Waals surface area (Å²) in [7, 11) is 1.60. The summed E-state index contributed by atoms with van der Waals surface area (Å²) in [5.74, 6) is -0.881. The van der Waals surface area contributed by atoms with Gasteiger partial charge in [-0.15, -0.1) is 0 Å². The quantitative estimate of drug-likeness (QED) is 0.635. The third kappa shape index (κ3) is 3.33. The summed E-state index contributed by atoms with van der Waals surface area (Å²) in [6, 6.07) is 1.48. The van der Waals surface area contributed by atoms with E-state index in [1.54, 1.807) is 14.0 Å². The van der Waals surface area contributed by atoms with Crippen LogP contribution in [-0.2, 0) is 18.3 Å². The molecule has 1 rings (SSSR count). The molecular weight excluding hydrogens is 240 g/mol. The van der Waals surface area contributed by atoms with E-state index in [1.807, 2.05) is 6.92 Å². The fourth-order valence-electron chi connectivity index (χ4n) is 1.29. The molecule has 0 aromatic carbocycles. The van der Waals surface area contributed by atoms with E-state index in [2.05, 4.69) is 4.98 Å². The van der Waals surface area contributed by atoms with Crippen LogP contribution >= 0.6 is 11.8 Å². The predicted molar refractivity (Wildman–Crippen MR) is 66.4 cm³/mol. The Balaban J connectivity index is 3.08. The standard InChI is InChI=1S/C11H16N2O3S/c1-4-7-6-9(14)13(3)11(12-7)17-8(5-2)10(15)16/h6,8H,4-5H2,1-3H3,(H,15,16). The number of carboxylic acids is 1. The number of carboxylic acid groups (broad SMARTS) is 1. The fourth-order valence-corrected chi connectivity index (χ4v) is 2.23. The molecule has 17 heavy (non-hydrogen) atoms. The van der Waals surface area contributed by atoms with Gasteiger partial charge in [0.2, 0.25) is 0 Å². The monoisotopic (exact) mass is 256 g/mol.